The third-order valence-electron chi connectivity index (χ3n) is 9.20. The molecule has 9 rings (SSSR count). The van der Waals surface area contributed by atoms with E-state index in [-0.39, 0.29) is 0 Å². The molecule has 0 aliphatic heterocycles. The van der Waals surface area contributed by atoms with Crippen molar-refractivity contribution >= 4 is 32.6 Å². The maximum Gasteiger partial charge on any atom is 0.145 e. The summed E-state index contributed by atoms with van der Waals surface area (Å²) in [5, 5.41) is 4.97. The number of hydrogen-bond acceptors (Lipinski definition) is 1. The molecular weight excluding hydrogens is 569 g/mol. The molecule has 0 radical (unpaired) electrons. The van der Waals surface area contributed by atoms with Gasteiger partial charge < -0.3 is 0 Å². The van der Waals surface area contributed by atoms with Crippen LogP contribution in [-0.4, -0.2) is 9.55 Å². The monoisotopic (exact) mass is 598 g/mol. The van der Waals surface area contributed by atoms with Gasteiger partial charge in [0.1, 0.15) is 5.82 Å². The first-order valence-electron chi connectivity index (χ1n) is 16.1. The van der Waals surface area contributed by atoms with Gasteiger partial charge in [0, 0.05) is 11.3 Å². The summed E-state index contributed by atoms with van der Waals surface area (Å²) < 4.78 is 2.27. The molecule has 0 saturated carbocycles. The number of benzene rings is 8. The highest BCUT2D eigenvalue weighted by Gasteiger charge is 2.19. The van der Waals surface area contributed by atoms with Gasteiger partial charge in [-0.2, -0.15) is 0 Å². The molecule has 2 nitrogen and oxygen atoms in total. The van der Waals surface area contributed by atoms with Crippen LogP contribution < -0.4 is 0 Å². The van der Waals surface area contributed by atoms with Crippen molar-refractivity contribution < 1.29 is 0 Å². The average Bonchev–Trinajstić information content (AvgIpc) is 3.54. The third-order valence-corrected chi connectivity index (χ3v) is 9.20. The Hall–Kier alpha value is -6.25. The van der Waals surface area contributed by atoms with E-state index >= 15 is 0 Å². The summed E-state index contributed by atoms with van der Waals surface area (Å²) in [4.78, 5) is 5.16. The fourth-order valence-electron chi connectivity index (χ4n) is 7.08. The minimum atomic E-state index is 0.933. The van der Waals surface area contributed by atoms with Gasteiger partial charge in [-0.3, -0.25) is 4.57 Å². The lowest BCUT2D eigenvalue weighted by atomic mass is 9.85. The van der Waals surface area contributed by atoms with Crippen LogP contribution in [0.3, 0.4) is 0 Å². The van der Waals surface area contributed by atoms with E-state index in [1.165, 1.54) is 54.9 Å². The summed E-state index contributed by atoms with van der Waals surface area (Å²) >= 11 is 0. The molecule has 220 valence electrons. The first kappa shape index (κ1) is 27.1. The average molecular weight is 599 g/mol. The molecule has 0 aliphatic rings. The second-order valence-corrected chi connectivity index (χ2v) is 12.0. The highest BCUT2D eigenvalue weighted by atomic mass is 15.1. The first-order valence-corrected chi connectivity index (χ1v) is 16.1. The van der Waals surface area contributed by atoms with Crippen LogP contribution in [0.15, 0.2) is 182 Å². The molecular formula is C45H30N2. The van der Waals surface area contributed by atoms with Crippen molar-refractivity contribution in [3.05, 3.63) is 182 Å². The lowest BCUT2D eigenvalue weighted by Crippen LogP contribution is -1.97. The summed E-state index contributed by atoms with van der Waals surface area (Å²) in [6, 6.07) is 65.1. The van der Waals surface area contributed by atoms with Gasteiger partial charge in [-0.05, 0) is 85.3 Å². The second kappa shape index (κ2) is 11.3. The van der Waals surface area contributed by atoms with E-state index in [0.717, 1.165) is 28.1 Å². The Balaban J connectivity index is 1.26. The Morgan fingerprint density at radius 1 is 0.340 bits per heavy atom. The zero-order valence-corrected chi connectivity index (χ0v) is 25.7. The summed E-state index contributed by atoms with van der Waals surface area (Å²) in [6.07, 6.45) is 0. The molecule has 0 spiro atoms. The number of para-hydroxylation sites is 3. The van der Waals surface area contributed by atoms with Crippen LogP contribution in [0.4, 0.5) is 0 Å². The Kier molecular flexibility index (Phi) is 6.50. The molecule has 1 heterocycles. The first-order chi connectivity index (χ1) is 23.3. The van der Waals surface area contributed by atoms with Gasteiger partial charge in [-0.25, -0.2) is 4.98 Å². The largest absolute Gasteiger partial charge is 0.292 e. The Bertz CT molecular complexity index is 2490. The van der Waals surface area contributed by atoms with Gasteiger partial charge in [-0.15, -0.1) is 0 Å². The van der Waals surface area contributed by atoms with Gasteiger partial charge in [-0.1, -0.05) is 152 Å². The predicted octanol–water partition coefficient (Wildman–Crippen LogP) is 12.0. The fourth-order valence-corrected chi connectivity index (χ4v) is 7.08. The Labute approximate surface area is 273 Å². The number of hydrogen-bond donors (Lipinski definition) is 0. The zero-order valence-electron chi connectivity index (χ0n) is 25.7. The van der Waals surface area contributed by atoms with Crippen molar-refractivity contribution in [2.75, 3.05) is 0 Å². The van der Waals surface area contributed by atoms with E-state index in [4.69, 9.17) is 4.98 Å². The van der Waals surface area contributed by atoms with Gasteiger partial charge >= 0.3 is 0 Å². The van der Waals surface area contributed by atoms with Crippen LogP contribution in [0.2, 0.25) is 0 Å². The van der Waals surface area contributed by atoms with Crippen LogP contribution in [0, 0.1) is 0 Å². The molecule has 2 heteroatoms. The standard InChI is InChI=1S/C45H30N2/c1-3-14-31(15-4-1)32-26-28-33(29-27-32)43-37-20-7-9-22-39(37)44(40-23-10-8-21-38(40)43)34-16-13-17-35(30-34)45-46-41-24-11-12-25-42(41)47(45)36-18-5-2-6-19-36/h1-30H. The van der Waals surface area contributed by atoms with Crippen LogP contribution in [0.1, 0.15) is 0 Å². The van der Waals surface area contributed by atoms with Crippen LogP contribution >= 0.6 is 0 Å². The van der Waals surface area contributed by atoms with E-state index in [9.17, 15) is 0 Å². The number of fused-ring (bicyclic) bond motifs is 3. The van der Waals surface area contributed by atoms with E-state index in [2.05, 4.69) is 187 Å². The van der Waals surface area contributed by atoms with Crippen molar-refractivity contribution in [3.8, 4) is 50.5 Å². The molecule has 47 heavy (non-hydrogen) atoms. The number of nitrogens with zero attached hydrogens (tertiary/aromatic N) is 2. The van der Waals surface area contributed by atoms with Crippen LogP contribution in [0.5, 0.6) is 0 Å². The van der Waals surface area contributed by atoms with E-state index in [0.29, 0.717) is 0 Å². The normalized spacial score (nSPS) is 11.4. The SMILES string of the molecule is c1ccc(-c2ccc(-c3c4ccccc4c(-c4cccc(-c5nc6ccccc6n5-c5ccccc5)c4)c4ccccc34)cc2)cc1. The lowest BCUT2D eigenvalue weighted by Gasteiger charge is -2.18. The van der Waals surface area contributed by atoms with Crippen molar-refractivity contribution in [1.82, 2.24) is 9.55 Å². The maximum absolute atomic E-state index is 5.16. The molecule has 1 aromatic heterocycles. The molecule has 0 unspecified atom stereocenters. The van der Waals surface area contributed by atoms with Crippen molar-refractivity contribution in [2.24, 2.45) is 0 Å². The lowest BCUT2D eigenvalue weighted by molar-refractivity contribution is 1.10. The minimum Gasteiger partial charge on any atom is -0.292 e. The Morgan fingerprint density at radius 2 is 0.809 bits per heavy atom. The number of aromatic nitrogens is 2. The summed E-state index contributed by atoms with van der Waals surface area (Å²) in [7, 11) is 0. The van der Waals surface area contributed by atoms with Crippen molar-refractivity contribution in [1.29, 1.82) is 0 Å². The van der Waals surface area contributed by atoms with Gasteiger partial charge in [0.2, 0.25) is 0 Å². The molecule has 0 saturated heterocycles. The molecule has 8 aromatic carbocycles. The highest BCUT2D eigenvalue weighted by molar-refractivity contribution is 6.21. The zero-order chi connectivity index (χ0) is 31.2. The van der Waals surface area contributed by atoms with Crippen LogP contribution in [0.25, 0.3) is 83.0 Å². The summed E-state index contributed by atoms with van der Waals surface area (Å²) in [5.74, 6) is 0.933. The van der Waals surface area contributed by atoms with E-state index in [1.807, 2.05) is 0 Å². The van der Waals surface area contributed by atoms with Gasteiger partial charge in [0.15, 0.2) is 0 Å². The Morgan fingerprint density at radius 3 is 1.47 bits per heavy atom. The smallest absolute Gasteiger partial charge is 0.145 e. The predicted molar refractivity (Wildman–Crippen MR) is 198 cm³/mol. The van der Waals surface area contributed by atoms with Crippen LogP contribution in [-0.2, 0) is 0 Å². The minimum absolute atomic E-state index is 0.933. The maximum atomic E-state index is 5.16. The molecule has 0 fully saturated rings. The molecule has 0 amide bonds. The molecule has 0 N–H and O–H groups in total. The third kappa shape index (κ3) is 4.62. The number of imidazole rings is 1. The van der Waals surface area contributed by atoms with Gasteiger partial charge in [0.25, 0.3) is 0 Å². The highest BCUT2D eigenvalue weighted by Crippen LogP contribution is 2.44. The summed E-state index contributed by atoms with van der Waals surface area (Å²) in [6.45, 7) is 0. The molecule has 0 bridgehead atoms. The fraction of sp³-hybridized carbons (Fsp3) is 0. The quantitative estimate of drug-likeness (QED) is 0.180. The second-order valence-electron chi connectivity index (χ2n) is 12.0. The van der Waals surface area contributed by atoms with Gasteiger partial charge in [0.05, 0.1) is 11.0 Å². The molecule has 0 atom stereocenters. The number of rotatable bonds is 5. The van der Waals surface area contributed by atoms with E-state index < -0.39 is 0 Å². The molecule has 9 aromatic rings. The van der Waals surface area contributed by atoms with Crippen molar-refractivity contribution in [3.63, 3.8) is 0 Å². The van der Waals surface area contributed by atoms with E-state index in [1.54, 1.807) is 0 Å². The summed E-state index contributed by atoms with van der Waals surface area (Å²) in [5.41, 5.74) is 11.6. The van der Waals surface area contributed by atoms with Crippen molar-refractivity contribution in [2.45, 2.75) is 0 Å². The molecule has 0 aliphatic carbocycles. The topological polar surface area (TPSA) is 17.8 Å².